The standard InChI is InChI=1S/C35H38ClN3O6S/c1-4-22-37-35(41)32(23-26-10-6-5-7-11-26)38(24-27-14-16-28(36)17-15-27)34(40)25-39(31-12-8-9-13-33(31)45-3)46(42,43)30-20-18-29(44-2)19-21-30/h5-21,32H,4,22-25H2,1-3H3,(H,37,41)/t32-/m1/s1. The number of para-hydroxylation sites is 2. The van der Waals surface area contributed by atoms with E-state index in [1.807, 2.05) is 37.3 Å². The second-order valence-electron chi connectivity index (χ2n) is 10.5. The van der Waals surface area contributed by atoms with Gasteiger partial charge in [0.15, 0.2) is 0 Å². The van der Waals surface area contributed by atoms with Crippen molar-refractivity contribution in [3.8, 4) is 11.5 Å². The van der Waals surface area contributed by atoms with Gasteiger partial charge in [-0.05, 0) is 66.1 Å². The third-order valence-corrected chi connectivity index (χ3v) is 9.39. The summed E-state index contributed by atoms with van der Waals surface area (Å²) in [5.41, 5.74) is 1.75. The lowest BCUT2D eigenvalue weighted by molar-refractivity contribution is -0.140. The Balaban J connectivity index is 1.82. The van der Waals surface area contributed by atoms with Crippen molar-refractivity contribution in [3.63, 3.8) is 0 Å². The number of sulfonamides is 1. The van der Waals surface area contributed by atoms with Gasteiger partial charge in [-0.3, -0.25) is 13.9 Å². The van der Waals surface area contributed by atoms with Crippen LogP contribution in [0.25, 0.3) is 0 Å². The van der Waals surface area contributed by atoms with Gasteiger partial charge in [0.05, 0.1) is 24.8 Å². The topological polar surface area (TPSA) is 105 Å². The van der Waals surface area contributed by atoms with Crippen molar-refractivity contribution in [2.24, 2.45) is 0 Å². The van der Waals surface area contributed by atoms with Crippen LogP contribution in [0.3, 0.4) is 0 Å². The van der Waals surface area contributed by atoms with E-state index in [-0.39, 0.29) is 35.2 Å². The zero-order valence-corrected chi connectivity index (χ0v) is 27.6. The number of anilines is 1. The predicted molar refractivity (Wildman–Crippen MR) is 180 cm³/mol. The highest BCUT2D eigenvalue weighted by atomic mass is 35.5. The number of methoxy groups -OCH3 is 2. The summed E-state index contributed by atoms with van der Waals surface area (Å²) in [7, 11) is -1.39. The Morgan fingerprint density at radius 2 is 1.48 bits per heavy atom. The van der Waals surface area contributed by atoms with Gasteiger partial charge in [-0.2, -0.15) is 0 Å². The van der Waals surface area contributed by atoms with Crippen LogP contribution >= 0.6 is 11.6 Å². The molecule has 4 rings (SSSR count). The van der Waals surface area contributed by atoms with E-state index in [2.05, 4.69) is 5.32 Å². The highest BCUT2D eigenvalue weighted by Crippen LogP contribution is 2.33. The first-order valence-corrected chi connectivity index (χ1v) is 16.6. The zero-order chi connectivity index (χ0) is 33.1. The smallest absolute Gasteiger partial charge is 0.264 e. The van der Waals surface area contributed by atoms with Crippen LogP contribution in [-0.4, -0.2) is 58.5 Å². The summed E-state index contributed by atoms with van der Waals surface area (Å²) in [4.78, 5) is 29.7. The van der Waals surface area contributed by atoms with Crippen LogP contribution in [0.2, 0.25) is 5.02 Å². The van der Waals surface area contributed by atoms with Crippen molar-refractivity contribution in [2.75, 3.05) is 31.6 Å². The fourth-order valence-electron chi connectivity index (χ4n) is 4.93. The van der Waals surface area contributed by atoms with Gasteiger partial charge in [0.25, 0.3) is 10.0 Å². The van der Waals surface area contributed by atoms with Crippen LogP contribution in [-0.2, 0) is 32.6 Å². The minimum Gasteiger partial charge on any atom is -0.497 e. The monoisotopic (exact) mass is 663 g/mol. The minimum absolute atomic E-state index is 0.0371. The molecule has 242 valence electrons. The molecule has 0 aromatic heterocycles. The molecule has 0 bridgehead atoms. The van der Waals surface area contributed by atoms with E-state index in [4.69, 9.17) is 21.1 Å². The van der Waals surface area contributed by atoms with Gasteiger partial charge in [-0.1, -0.05) is 73.1 Å². The van der Waals surface area contributed by atoms with E-state index in [0.29, 0.717) is 23.7 Å². The first-order chi connectivity index (χ1) is 22.2. The Labute approximate surface area is 275 Å². The number of benzene rings is 4. The summed E-state index contributed by atoms with van der Waals surface area (Å²) in [6, 6.07) is 27.9. The minimum atomic E-state index is -4.31. The SMILES string of the molecule is CCCNC(=O)[C@@H](Cc1ccccc1)N(Cc1ccc(Cl)cc1)C(=O)CN(c1ccccc1OC)S(=O)(=O)c1ccc(OC)cc1. The van der Waals surface area contributed by atoms with Crippen molar-refractivity contribution in [3.05, 3.63) is 119 Å². The van der Waals surface area contributed by atoms with Crippen molar-refractivity contribution < 1.29 is 27.5 Å². The van der Waals surface area contributed by atoms with E-state index in [1.165, 1.54) is 43.4 Å². The number of hydrogen-bond acceptors (Lipinski definition) is 6. The zero-order valence-electron chi connectivity index (χ0n) is 26.1. The van der Waals surface area contributed by atoms with E-state index in [0.717, 1.165) is 15.4 Å². The Kier molecular flexibility index (Phi) is 12.1. The summed E-state index contributed by atoms with van der Waals surface area (Å²) < 4.78 is 40.3. The van der Waals surface area contributed by atoms with E-state index < -0.39 is 28.5 Å². The van der Waals surface area contributed by atoms with Gasteiger partial charge in [0.2, 0.25) is 11.8 Å². The highest BCUT2D eigenvalue weighted by Gasteiger charge is 2.35. The number of carbonyl (C=O) groups is 2. The summed E-state index contributed by atoms with van der Waals surface area (Å²) in [5, 5.41) is 3.46. The number of nitrogens with zero attached hydrogens (tertiary/aromatic N) is 2. The maximum atomic E-state index is 14.5. The van der Waals surface area contributed by atoms with Gasteiger partial charge >= 0.3 is 0 Å². The summed E-state index contributed by atoms with van der Waals surface area (Å²) in [6.07, 6.45) is 0.923. The number of carbonyl (C=O) groups excluding carboxylic acids is 2. The molecule has 9 nitrogen and oxygen atoms in total. The second kappa shape index (κ2) is 16.1. The molecule has 0 radical (unpaired) electrons. The number of ether oxygens (including phenoxy) is 2. The van der Waals surface area contributed by atoms with Crippen LogP contribution < -0.4 is 19.1 Å². The Bertz CT molecular complexity index is 1700. The van der Waals surface area contributed by atoms with Crippen LogP contribution in [0.15, 0.2) is 108 Å². The second-order valence-corrected chi connectivity index (χ2v) is 12.8. The maximum absolute atomic E-state index is 14.5. The lowest BCUT2D eigenvalue weighted by Crippen LogP contribution is -2.53. The molecule has 0 aliphatic heterocycles. The fourth-order valence-corrected chi connectivity index (χ4v) is 6.48. The molecular weight excluding hydrogens is 626 g/mol. The molecule has 2 amide bonds. The summed E-state index contributed by atoms with van der Waals surface area (Å²) in [6.45, 7) is 1.80. The van der Waals surface area contributed by atoms with Crippen LogP contribution in [0, 0.1) is 0 Å². The van der Waals surface area contributed by atoms with E-state index >= 15 is 0 Å². The summed E-state index contributed by atoms with van der Waals surface area (Å²) in [5.74, 6) is -0.173. The number of halogens is 1. The molecule has 4 aromatic carbocycles. The van der Waals surface area contributed by atoms with Gasteiger partial charge in [0, 0.05) is 24.5 Å². The van der Waals surface area contributed by atoms with Crippen molar-refractivity contribution >= 4 is 39.1 Å². The fraction of sp³-hybridized carbons (Fsp3) is 0.257. The number of hydrogen-bond donors (Lipinski definition) is 1. The predicted octanol–water partition coefficient (Wildman–Crippen LogP) is 5.72. The van der Waals surface area contributed by atoms with Gasteiger partial charge in [-0.15, -0.1) is 0 Å². The van der Waals surface area contributed by atoms with Gasteiger partial charge in [-0.25, -0.2) is 8.42 Å². The molecule has 0 unspecified atom stereocenters. The van der Waals surface area contributed by atoms with Crippen molar-refractivity contribution in [1.82, 2.24) is 10.2 Å². The lowest BCUT2D eigenvalue weighted by atomic mass is 10.0. The maximum Gasteiger partial charge on any atom is 0.264 e. The molecule has 4 aromatic rings. The normalized spacial score (nSPS) is 11.7. The third-order valence-electron chi connectivity index (χ3n) is 7.37. The third kappa shape index (κ3) is 8.58. The molecule has 0 aliphatic carbocycles. The average Bonchev–Trinajstić information content (AvgIpc) is 3.08. The molecule has 46 heavy (non-hydrogen) atoms. The molecule has 1 atom stereocenters. The number of rotatable bonds is 15. The highest BCUT2D eigenvalue weighted by molar-refractivity contribution is 7.92. The van der Waals surface area contributed by atoms with Crippen molar-refractivity contribution in [2.45, 2.75) is 37.2 Å². The summed E-state index contributed by atoms with van der Waals surface area (Å²) >= 11 is 6.14. The Hall–Kier alpha value is -4.54. The molecule has 0 saturated carbocycles. The number of nitrogens with one attached hydrogen (secondary N) is 1. The Morgan fingerprint density at radius 3 is 2.11 bits per heavy atom. The lowest BCUT2D eigenvalue weighted by Gasteiger charge is -2.34. The van der Waals surface area contributed by atoms with Crippen LogP contribution in [0.5, 0.6) is 11.5 Å². The van der Waals surface area contributed by atoms with Gasteiger partial charge in [0.1, 0.15) is 24.1 Å². The molecule has 0 heterocycles. The van der Waals surface area contributed by atoms with Crippen LogP contribution in [0.1, 0.15) is 24.5 Å². The van der Waals surface area contributed by atoms with E-state index in [1.54, 1.807) is 48.5 Å². The van der Waals surface area contributed by atoms with Gasteiger partial charge < -0.3 is 19.7 Å². The van der Waals surface area contributed by atoms with E-state index in [9.17, 15) is 18.0 Å². The Morgan fingerprint density at radius 1 is 0.826 bits per heavy atom. The quantitative estimate of drug-likeness (QED) is 0.175. The molecule has 0 spiro atoms. The molecule has 0 aliphatic rings. The first-order valence-electron chi connectivity index (χ1n) is 14.8. The largest absolute Gasteiger partial charge is 0.497 e. The van der Waals surface area contributed by atoms with Crippen molar-refractivity contribution in [1.29, 1.82) is 0 Å². The molecule has 1 N–H and O–H groups in total. The molecule has 0 fully saturated rings. The molecule has 0 saturated heterocycles. The number of amides is 2. The van der Waals surface area contributed by atoms with Crippen LogP contribution in [0.4, 0.5) is 5.69 Å². The first kappa shape index (κ1) is 34.3. The molecular formula is C35H38ClN3O6S. The average molecular weight is 664 g/mol. The molecule has 11 heteroatoms.